The van der Waals surface area contributed by atoms with E-state index in [1.807, 2.05) is 0 Å². The first-order valence-corrected chi connectivity index (χ1v) is 8.50. The first-order valence-electron chi connectivity index (χ1n) is 8.50. The van der Waals surface area contributed by atoms with E-state index in [1.54, 1.807) is 0 Å². The second-order valence-corrected chi connectivity index (χ2v) is 8.14. The van der Waals surface area contributed by atoms with Gasteiger partial charge in [0.05, 0.1) is 12.7 Å². The number of hydrogen-bond donors (Lipinski definition) is 0. The zero-order chi connectivity index (χ0) is 14.6. The molecular formula is C19H27NO. The first-order chi connectivity index (χ1) is 10.0. The van der Waals surface area contributed by atoms with Crippen molar-refractivity contribution in [2.75, 3.05) is 19.7 Å². The third-order valence-electron chi connectivity index (χ3n) is 5.88. The Morgan fingerprint density at radius 1 is 1.05 bits per heavy atom. The molecule has 2 bridgehead atoms. The van der Waals surface area contributed by atoms with Crippen molar-refractivity contribution in [1.82, 2.24) is 4.90 Å². The van der Waals surface area contributed by atoms with Gasteiger partial charge in [-0.25, -0.2) is 0 Å². The van der Waals surface area contributed by atoms with Crippen LogP contribution in [0.15, 0.2) is 24.3 Å². The molecule has 0 radical (unpaired) electrons. The molecule has 4 aliphatic heterocycles. The van der Waals surface area contributed by atoms with Crippen molar-refractivity contribution in [1.29, 1.82) is 0 Å². The molecule has 4 saturated heterocycles. The molecule has 0 aliphatic carbocycles. The third-order valence-corrected chi connectivity index (χ3v) is 5.88. The molecule has 4 fully saturated rings. The zero-order valence-electron chi connectivity index (χ0n) is 13.5. The van der Waals surface area contributed by atoms with Crippen molar-refractivity contribution in [2.24, 2.45) is 5.92 Å². The molecule has 5 rings (SSSR count). The molecule has 0 spiro atoms. The highest BCUT2D eigenvalue weighted by Gasteiger charge is 2.50. The number of ether oxygens (including phenoxy) is 1. The molecule has 0 N–H and O–H groups in total. The molecular weight excluding hydrogens is 258 g/mol. The minimum Gasteiger partial charge on any atom is -0.376 e. The minimum absolute atomic E-state index is 0.237. The van der Waals surface area contributed by atoms with Crippen LogP contribution in [-0.2, 0) is 10.2 Å². The van der Waals surface area contributed by atoms with Gasteiger partial charge in [-0.05, 0) is 48.4 Å². The monoisotopic (exact) mass is 285 g/mol. The predicted octanol–water partition coefficient (Wildman–Crippen LogP) is 3.56. The molecule has 4 aliphatic rings. The van der Waals surface area contributed by atoms with Gasteiger partial charge in [-0.3, -0.25) is 4.90 Å². The lowest BCUT2D eigenvalue weighted by Gasteiger charge is -2.48. The topological polar surface area (TPSA) is 12.5 Å². The van der Waals surface area contributed by atoms with E-state index in [-0.39, 0.29) is 5.41 Å². The highest BCUT2D eigenvalue weighted by Crippen LogP contribution is 2.45. The van der Waals surface area contributed by atoms with E-state index in [1.165, 1.54) is 37.1 Å². The summed E-state index contributed by atoms with van der Waals surface area (Å²) in [6.07, 6.45) is 3.19. The predicted molar refractivity (Wildman–Crippen MR) is 85.7 cm³/mol. The molecule has 0 amide bonds. The smallest absolute Gasteiger partial charge is 0.0766 e. The van der Waals surface area contributed by atoms with Crippen molar-refractivity contribution in [3.05, 3.63) is 35.4 Å². The zero-order valence-corrected chi connectivity index (χ0v) is 13.5. The number of rotatable bonds is 1. The molecule has 4 heterocycles. The molecule has 1 aromatic rings. The van der Waals surface area contributed by atoms with Crippen LogP contribution in [0, 0.1) is 5.92 Å². The normalized spacial score (nSPS) is 38.5. The molecule has 21 heavy (non-hydrogen) atoms. The maximum Gasteiger partial charge on any atom is 0.0766 e. The summed E-state index contributed by atoms with van der Waals surface area (Å²) in [6.45, 7) is 10.3. The third kappa shape index (κ3) is 2.24. The van der Waals surface area contributed by atoms with Crippen molar-refractivity contribution >= 4 is 0 Å². The Morgan fingerprint density at radius 3 is 2.33 bits per heavy atom. The van der Waals surface area contributed by atoms with Gasteiger partial charge in [0.2, 0.25) is 0 Å². The Balaban J connectivity index is 1.59. The summed E-state index contributed by atoms with van der Waals surface area (Å²) in [5.41, 5.74) is 3.14. The fourth-order valence-corrected chi connectivity index (χ4v) is 4.59. The summed E-state index contributed by atoms with van der Waals surface area (Å²) in [5, 5.41) is 0. The van der Waals surface area contributed by atoms with Crippen LogP contribution < -0.4 is 0 Å². The lowest BCUT2D eigenvalue weighted by atomic mass is 9.76. The van der Waals surface area contributed by atoms with E-state index >= 15 is 0 Å². The largest absolute Gasteiger partial charge is 0.376 e. The van der Waals surface area contributed by atoms with Gasteiger partial charge in [0.25, 0.3) is 0 Å². The SMILES string of the molecule is CC(C)(C)c1ccc(C2COC3C4CCN(CC4)C23)cc1. The van der Waals surface area contributed by atoms with Gasteiger partial charge < -0.3 is 4.74 Å². The Labute approximate surface area is 128 Å². The Morgan fingerprint density at radius 2 is 1.71 bits per heavy atom. The van der Waals surface area contributed by atoms with Crippen molar-refractivity contribution in [3.63, 3.8) is 0 Å². The molecule has 114 valence electrons. The van der Waals surface area contributed by atoms with E-state index in [0.29, 0.717) is 18.1 Å². The Bertz CT molecular complexity index is 507. The van der Waals surface area contributed by atoms with Crippen LogP contribution in [0.3, 0.4) is 0 Å². The fraction of sp³-hybridized carbons (Fsp3) is 0.684. The van der Waals surface area contributed by atoms with Crippen LogP contribution in [0.2, 0.25) is 0 Å². The molecule has 2 nitrogen and oxygen atoms in total. The van der Waals surface area contributed by atoms with Crippen LogP contribution in [0.25, 0.3) is 0 Å². The van der Waals surface area contributed by atoms with Gasteiger partial charge in [0.15, 0.2) is 0 Å². The van der Waals surface area contributed by atoms with E-state index in [4.69, 9.17) is 4.74 Å². The van der Waals surface area contributed by atoms with Gasteiger partial charge in [0, 0.05) is 12.0 Å². The first kappa shape index (κ1) is 13.8. The molecule has 0 aromatic heterocycles. The number of hydrogen-bond acceptors (Lipinski definition) is 2. The van der Waals surface area contributed by atoms with Gasteiger partial charge in [0.1, 0.15) is 0 Å². The number of fused-ring (bicyclic) bond motifs is 2. The summed E-state index contributed by atoms with van der Waals surface area (Å²) < 4.78 is 6.21. The van der Waals surface area contributed by atoms with Gasteiger partial charge >= 0.3 is 0 Å². The summed E-state index contributed by atoms with van der Waals surface area (Å²) in [4.78, 5) is 2.69. The fourth-order valence-electron chi connectivity index (χ4n) is 4.59. The average molecular weight is 285 g/mol. The molecule has 3 atom stereocenters. The lowest BCUT2D eigenvalue weighted by molar-refractivity contribution is -0.0565. The van der Waals surface area contributed by atoms with Crippen LogP contribution >= 0.6 is 0 Å². The summed E-state index contributed by atoms with van der Waals surface area (Å²) in [7, 11) is 0. The van der Waals surface area contributed by atoms with Gasteiger partial charge in [-0.1, -0.05) is 45.0 Å². The Kier molecular flexibility index (Phi) is 3.16. The number of nitrogens with zero attached hydrogens (tertiary/aromatic N) is 1. The van der Waals surface area contributed by atoms with Crippen LogP contribution in [0.4, 0.5) is 0 Å². The minimum atomic E-state index is 0.237. The maximum atomic E-state index is 6.21. The van der Waals surface area contributed by atoms with Crippen LogP contribution in [0.5, 0.6) is 0 Å². The molecule has 2 heteroatoms. The van der Waals surface area contributed by atoms with Gasteiger partial charge in [-0.2, -0.15) is 0 Å². The highest BCUT2D eigenvalue weighted by atomic mass is 16.5. The second-order valence-electron chi connectivity index (χ2n) is 8.14. The molecule has 1 aromatic carbocycles. The van der Waals surface area contributed by atoms with Crippen LogP contribution in [-0.4, -0.2) is 36.7 Å². The lowest BCUT2D eigenvalue weighted by Crippen LogP contribution is -2.57. The summed E-state index contributed by atoms with van der Waals surface area (Å²) in [5.74, 6) is 1.39. The van der Waals surface area contributed by atoms with Crippen molar-refractivity contribution < 1.29 is 4.74 Å². The maximum absolute atomic E-state index is 6.21. The van der Waals surface area contributed by atoms with Gasteiger partial charge in [-0.15, -0.1) is 0 Å². The average Bonchev–Trinajstić information content (AvgIpc) is 2.95. The molecule has 0 saturated carbocycles. The molecule has 3 unspecified atom stereocenters. The number of benzene rings is 1. The van der Waals surface area contributed by atoms with Crippen molar-refractivity contribution in [3.8, 4) is 0 Å². The van der Waals surface area contributed by atoms with Crippen LogP contribution in [0.1, 0.15) is 50.7 Å². The standard InChI is InChI=1S/C19H27NO/c1-19(2,3)15-6-4-13(5-7-15)16-12-21-18-14-8-10-20(11-9-14)17(16)18/h4-7,14,16-18H,8-12H2,1-3H3. The van der Waals surface area contributed by atoms with E-state index in [2.05, 4.69) is 49.9 Å². The second kappa shape index (κ2) is 4.82. The van der Waals surface area contributed by atoms with E-state index < -0.39 is 0 Å². The summed E-state index contributed by atoms with van der Waals surface area (Å²) >= 11 is 0. The number of piperidine rings is 3. The van der Waals surface area contributed by atoms with Crippen molar-refractivity contribution in [2.45, 2.75) is 57.1 Å². The van der Waals surface area contributed by atoms with E-state index in [9.17, 15) is 0 Å². The quantitative estimate of drug-likeness (QED) is 0.782. The Hall–Kier alpha value is -0.860. The highest BCUT2D eigenvalue weighted by molar-refractivity contribution is 5.31. The summed E-state index contributed by atoms with van der Waals surface area (Å²) in [6, 6.07) is 9.97. The van der Waals surface area contributed by atoms with E-state index in [0.717, 1.165) is 12.5 Å².